The summed E-state index contributed by atoms with van der Waals surface area (Å²) in [6.45, 7) is 7.05. The van der Waals surface area contributed by atoms with E-state index in [4.69, 9.17) is 13.9 Å². The van der Waals surface area contributed by atoms with Crippen LogP contribution >= 0.6 is 0 Å². The molecular formula is C29H29NO4. The average molecular weight is 456 g/mol. The van der Waals surface area contributed by atoms with Gasteiger partial charge in [-0.3, -0.25) is 4.90 Å². The van der Waals surface area contributed by atoms with Crippen LogP contribution in [0.5, 0.6) is 5.75 Å². The van der Waals surface area contributed by atoms with Gasteiger partial charge in [-0.05, 0) is 17.2 Å². The van der Waals surface area contributed by atoms with Crippen LogP contribution in [0.4, 0.5) is 0 Å². The van der Waals surface area contributed by atoms with Crippen molar-refractivity contribution in [3.8, 4) is 28.0 Å². The molecule has 174 valence electrons. The normalized spacial score (nSPS) is 15.3. The highest BCUT2D eigenvalue weighted by atomic mass is 16.5. The molecule has 0 aliphatic carbocycles. The van der Waals surface area contributed by atoms with Crippen LogP contribution in [0.15, 0.2) is 88.1 Å². The van der Waals surface area contributed by atoms with Gasteiger partial charge in [0.1, 0.15) is 16.9 Å². The van der Waals surface area contributed by atoms with E-state index in [1.54, 1.807) is 0 Å². The Hall–Kier alpha value is -3.41. The van der Waals surface area contributed by atoms with Crippen molar-refractivity contribution in [2.24, 2.45) is 5.92 Å². The van der Waals surface area contributed by atoms with Crippen LogP contribution in [-0.2, 0) is 4.74 Å². The van der Waals surface area contributed by atoms with E-state index < -0.39 is 5.63 Å². The van der Waals surface area contributed by atoms with Crippen molar-refractivity contribution >= 4 is 11.0 Å². The van der Waals surface area contributed by atoms with Gasteiger partial charge in [0.05, 0.1) is 25.2 Å². The lowest BCUT2D eigenvalue weighted by Crippen LogP contribution is -2.39. The summed E-state index contributed by atoms with van der Waals surface area (Å²) in [7, 11) is 0. The van der Waals surface area contributed by atoms with Gasteiger partial charge >= 0.3 is 5.63 Å². The Bertz CT molecular complexity index is 1290. The maximum Gasteiger partial charge on any atom is 0.348 e. The molecule has 1 aliphatic rings. The second-order valence-corrected chi connectivity index (χ2v) is 8.84. The fraction of sp³-hybridized carbons (Fsp3) is 0.276. The fourth-order valence-electron chi connectivity index (χ4n) is 4.55. The largest absolute Gasteiger partial charge is 0.492 e. The zero-order valence-corrected chi connectivity index (χ0v) is 19.4. The lowest BCUT2D eigenvalue weighted by molar-refractivity contribution is 0.0284. The highest BCUT2D eigenvalue weighted by molar-refractivity contribution is 5.98. The number of ether oxygens (including phenoxy) is 2. The van der Waals surface area contributed by atoms with Crippen LogP contribution in [0.1, 0.15) is 6.92 Å². The summed E-state index contributed by atoms with van der Waals surface area (Å²) >= 11 is 0. The minimum Gasteiger partial charge on any atom is -0.492 e. The number of para-hydroxylation sites is 1. The molecule has 1 fully saturated rings. The Kier molecular flexibility index (Phi) is 6.74. The molecule has 34 heavy (non-hydrogen) atoms. The van der Waals surface area contributed by atoms with Crippen LogP contribution in [-0.4, -0.2) is 44.4 Å². The molecule has 0 spiro atoms. The van der Waals surface area contributed by atoms with Gasteiger partial charge in [-0.2, -0.15) is 0 Å². The zero-order valence-electron chi connectivity index (χ0n) is 19.4. The second kappa shape index (κ2) is 10.2. The molecule has 1 unspecified atom stereocenters. The lowest BCUT2D eigenvalue weighted by atomic mass is 9.99. The van der Waals surface area contributed by atoms with E-state index in [0.717, 1.165) is 54.9 Å². The first-order valence-corrected chi connectivity index (χ1v) is 11.8. The number of benzene rings is 3. The summed E-state index contributed by atoms with van der Waals surface area (Å²) in [4.78, 5) is 15.7. The van der Waals surface area contributed by atoms with E-state index >= 15 is 0 Å². The summed E-state index contributed by atoms with van der Waals surface area (Å²) in [5.74, 6) is 0.880. The quantitative estimate of drug-likeness (QED) is 0.346. The van der Waals surface area contributed by atoms with Gasteiger partial charge in [0.25, 0.3) is 0 Å². The molecule has 0 N–H and O–H groups in total. The van der Waals surface area contributed by atoms with E-state index in [9.17, 15) is 4.79 Å². The van der Waals surface area contributed by atoms with E-state index in [-0.39, 0.29) is 0 Å². The molecule has 3 aromatic carbocycles. The summed E-state index contributed by atoms with van der Waals surface area (Å²) in [5.41, 5.74) is 3.29. The molecule has 0 saturated carbocycles. The second-order valence-electron chi connectivity index (χ2n) is 8.84. The van der Waals surface area contributed by atoms with Gasteiger partial charge in [-0.1, -0.05) is 79.7 Å². The molecule has 0 amide bonds. The minimum absolute atomic E-state index is 0.293. The Morgan fingerprint density at radius 3 is 2.26 bits per heavy atom. The van der Waals surface area contributed by atoms with E-state index in [1.807, 2.05) is 78.9 Å². The third-order valence-electron chi connectivity index (χ3n) is 6.22. The highest BCUT2D eigenvalue weighted by Crippen LogP contribution is 2.38. The standard InChI is InChI=1S/C29H29NO4/c1-21(19-30-15-17-32-18-16-30)20-33-28-25-14-8-13-24(22-9-4-2-5-10-22)27(25)34-29(31)26(28)23-11-6-3-7-12-23/h2-14,21H,15-20H2,1H3. The van der Waals surface area contributed by atoms with Gasteiger partial charge < -0.3 is 13.9 Å². The van der Waals surface area contributed by atoms with Crippen LogP contribution in [0.2, 0.25) is 0 Å². The van der Waals surface area contributed by atoms with Crippen LogP contribution in [0, 0.1) is 5.92 Å². The van der Waals surface area contributed by atoms with Crippen LogP contribution in [0.3, 0.4) is 0 Å². The summed E-state index contributed by atoms with van der Waals surface area (Å²) in [5, 5.41) is 0.804. The molecule has 0 radical (unpaired) electrons. The van der Waals surface area contributed by atoms with Crippen molar-refractivity contribution < 1.29 is 13.9 Å². The van der Waals surface area contributed by atoms with Crippen molar-refractivity contribution in [2.45, 2.75) is 6.92 Å². The molecule has 1 aromatic heterocycles. The monoisotopic (exact) mass is 455 g/mol. The Labute approximate surface area is 199 Å². The van der Waals surface area contributed by atoms with Gasteiger partial charge in [0.2, 0.25) is 0 Å². The zero-order chi connectivity index (χ0) is 23.3. The van der Waals surface area contributed by atoms with Crippen molar-refractivity contribution in [3.05, 3.63) is 89.3 Å². The SMILES string of the molecule is CC(COc1c(-c2ccccc2)c(=O)oc2c(-c3ccccc3)cccc12)CN1CCOCC1. The minimum atomic E-state index is -0.391. The molecule has 1 saturated heterocycles. The molecule has 5 heteroatoms. The van der Waals surface area contributed by atoms with Crippen molar-refractivity contribution in [1.29, 1.82) is 0 Å². The number of fused-ring (bicyclic) bond motifs is 1. The third-order valence-corrected chi connectivity index (χ3v) is 6.22. The Morgan fingerprint density at radius 2 is 1.56 bits per heavy atom. The van der Waals surface area contributed by atoms with Gasteiger partial charge in [0.15, 0.2) is 0 Å². The number of rotatable bonds is 7. The van der Waals surface area contributed by atoms with Gasteiger partial charge in [-0.25, -0.2) is 4.79 Å². The van der Waals surface area contributed by atoms with Crippen LogP contribution in [0.25, 0.3) is 33.2 Å². The first-order valence-electron chi connectivity index (χ1n) is 11.8. The summed E-state index contributed by atoms with van der Waals surface area (Å²) in [6, 6.07) is 25.5. The molecule has 4 aromatic rings. The van der Waals surface area contributed by atoms with Crippen molar-refractivity contribution in [2.75, 3.05) is 39.5 Å². The maximum atomic E-state index is 13.3. The topological polar surface area (TPSA) is 51.9 Å². The summed E-state index contributed by atoms with van der Waals surface area (Å²) < 4.78 is 17.9. The van der Waals surface area contributed by atoms with Gasteiger partial charge in [-0.15, -0.1) is 0 Å². The van der Waals surface area contributed by atoms with E-state index in [0.29, 0.717) is 29.4 Å². The Morgan fingerprint density at radius 1 is 0.882 bits per heavy atom. The molecule has 5 rings (SSSR count). The third kappa shape index (κ3) is 4.76. The van der Waals surface area contributed by atoms with Gasteiger partial charge in [0, 0.05) is 31.1 Å². The van der Waals surface area contributed by atoms with Crippen molar-refractivity contribution in [3.63, 3.8) is 0 Å². The number of hydrogen-bond donors (Lipinski definition) is 0. The molecule has 1 atom stereocenters. The van der Waals surface area contributed by atoms with Crippen molar-refractivity contribution in [1.82, 2.24) is 4.90 Å². The van der Waals surface area contributed by atoms with E-state index in [2.05, 4.69) is 11.8 Å². The molecule has 2 heterocycles. The van der Waals surface area contributed by atoms with Crippen LogP contribution < -0.4 is 10.4 Å². The molecule has 0 bridgehead atoms. The summed E-state index contributed by atoms with van der Waals surface area (Å²) in [6.07, 6.45) is 0. The highest BCUT2D eigenvalue weighted by Gasteiger charge is 2.21. The smallest absolute Gasteiger partial charge is 0.348 e. The molecular weight excluding hydrogens is 426 g/mol. The Balaban J connectivity index is 1.56. The number of hydrogen-bond acceptors (Lipinski definition) is 5. The van der Waals surface area contributed by atoms with E-state index in [1.165, 1.54) is 0 Å². The predicted octanol–water partition coefficient (Wildman–Crippen LogP) is 5.47. The fourth-order valence-corrected chi connectivity index (χ4v) is 4.55. The lowest BCUT2D eigenvalue weighted by Gasteiger charge is -2.29. The first-order chi connectivity index (χ1) is 16.7. The maximum absolute atomic E-state index is 13.3. The number of morpholine rings is 1. The molecule has 5 nitrogen and oxygen atoms in total. The number of nitrogens with zero attached hydrogens (tertiary/aromatic N) is 1. The average Bonchev–Trinajstić information content (AvgIpc) is 2.88. The molecule has 1 aliphatic heterocycles. The predicted molar refractivity (Wildman–Crippen MR) is 135 cm³/mol. The first kappa shape index (κ1) is 22.4.